The summed E-state index contributed by atoms with van der Waals surface area (Å²) >= 11 is 0. The lowest BCUT2D eigenvalue weighted by Gasteiger charge is -2.28. The predicted molar refractivity (Wildman–Crippen MR) is 106 cm³/mol. The molecule has 0 atom stereocenters. The van der Waals surface area contributed by atoms with Crippen LogP contribution >= 0.6 is 0 Å². The Bertz CT molecular complexity index is 539. The minimum Gasteiger partial charge on any atom is -0.490 e. The molecule has 1 fully saturated rings. The number of unbranched alkanes of at least 4 members (excludes halogenated alkanes) is 4. The van der Waals surface area contributed by atoms with Crippen LogP contribution in [0.3, 0.4) is 0 Å². The summed E-state index contributed by atoms with van der Waals surface area (Å²) in [6.07, 6.45) is 12.9. The lowest BCUT2D eigenvalue weighted by Crippen LogP contribution is -2.20. The number of benzene rings is 1. The third-order valence-electron chi connectivity index (χ3n) is 5.67. The van der Waals surface area contributed by atoms with Crippen LogP contribution in [0, 0.1) is 23.5 Å². The fourth-order valence-corrected chi connectivity index (χ4v) is 3.85. The summed E-state index contributed by atoms with van der Waals surface area (Å²) in [5.41, 5.74) is 0. The molecular formula is C23H36F2O2. The van der Waals surface area contributed by atoms with Crippen molar-refractivity contribution >= 4 is 0 Å². The molecule has 0 aliphatic heterocycles. The van der Waals surface area contributed by atoms with Gasteiger partial charge in [-0.25, -0.2) is 0 Å². The number of rotatable bonds is 12. The Labute approximate surface area is 163 Å². The Kier molecular flexibility index (Phi) is 9.93. The smallest absolute Gasteiger partial charge is 0.204 e. The number of halogens is 2. The Morgan fingerprint density at radius 3 is 1.96 bits per heavy atom. The zero-order valence-electron chi connectivity index (χ0n) is 17.1. The van der Waals surface area contributed by atoms with E-state index < -0.39 is 11.6 Å². The van der Waals surface area contributed by atoms with Crippen molar-refractivity contribution in [2.75, 3.05) is 13.2 Å². The molecule has 0 aromatic heterocycles. The molecule has 0 N–H and O–H groups in total. The van der Waals surface area contributed by atoms with Gasteiger partial charge in [-0.1, -0.05) is 65.2 Å². The normalized spacial score (nSPS) is 19.9. The molecule has 1 aliphatic rings. The average molecular weight is 383 g/mol. The van der Waals surface area contributed by atoms with E-state index in [2.05, 4.69) is 13.8 Å². The van der Waals surface area contributed by atoms with E-state index >= 15 is 0 Å². The highest BCUT2D eigenvalue weighted by Gasteiger charge is 2.22. The Balaban J connectivity index is 1.75. The van der Waals surface area contributed by atoms with Gasteiger partial charge in [0.25, 0.3) is 0 Å². The summed E-state index contributed by atoms with van der Waals surface area (Å²) in [5, 5.41) is 0. The first-order chi connectivity index (χ1) is 13.2. The largest absolute Gasteiger partial charge is 0.490 e. The van der Waals surface area contributed by atoms with Crippen LogP contribution in [-0.2, 0) is 0 Å². The summed E-state index contributed by atoms with van der Waals surface area (Å²) in [6.45, 7) is 5.20. The quantitative estimate of drug-likeness (QED) is 0.353. The molecule has 0 radical (unpaired) electrons. The van der Waals surface area contributed by atoms with E-state index in [1.807, 2.05) is 0 Å². The van der Waals surface area contributed by atoms with E-state index in [1.165, 1.54) is 50.7 Å². The van der Waals surface area contributed by atoms with Gasteiger partial charge in [0, 0.05) is 0 Å². The molecule has 0 amide bonds. The second kappa shape index (κ2) is 12.2. The second-order valence-corrected chi connectivity index (χ2v) is 7.94. The number of ether oxygens (including phenoxy) is 2. The van der Waals surface area contributed by atoms with E-state index in [0.717, 1.165) is 38.0 Å². The lowest BCUT2D eigenvalue weighted by atomic mass is 9.80. The summed E-state index contributed by atoms with van der Waals surface area (Å²) < 4.78 is 39.4. The standard InChI is InChI=1S/C23H36F2O2/c1-3-5-7-9-18-10-12-19(13-11-18)17-27-21-15-14-20(22(24)23(21)25)26-16-8-6-4-2/h14-15,18-19H,3-13,16-17H2,1-2H3. The molecule has 0 unspecified atom stereocenters. The molecule has 27 heavy (non-hydrogen) atoms. The van der Waals surface area contributed by atoms with Crippen molar-refractivity contribution in [2.24, 2.45) is 11.8 Å². The third-order valence-corrected chi connectivity index (χ3v) is 5.67. The molecule has 0 spiro atoms. The molecule has 1 saturated carbocycles. The van der Waals surface area contributed by atoms with E-state index in [4.69, 9.17) is 9.47 Å². The van der Waals surface area contributed by atoms with Crippen LogP contribution in [0.25, 0.3) is 0 Å². The average Bonchev–Trinajstić information content (AvgIpc) is 2.69. The maximum atomic E-state index is 14.2. The van der Waals surface area contributed by atoms with Gasteiger partial charge in [-0.3, -0.25) is 0 Å². The van der Waals surface area contributed by atoms with Crippen molar-refractivity contribution in [3.63, 3.8) is 0 Å². The first-order valence-electron chi connectivity index (χ1n) is 10.9. The fourth-order valence-electron chi connectivity index (χ4n) is 3.85. The van der Waals surface area contributed by atoms with Gasteiger partial charge in [-0.2, -0.15) is 8.78 Å². The zero-order valence-corrected chi connectivity index (χ0v) is 17.1. The predicted octanol–water partition coefficient (Wildman–Crippen LogP) is 7.30. The van der Waals surface area contributed by atoms with Crippen LogP contribution in [0.5, 0.6) is 11.5 Å². The molecule has 2 rings (SSSR count). The third kappa shape index (κ3) is 7.31. The molecule has 1 aromatic rings. The number of hydrogen-bond donors (Lipinski definition) is 0. The van der Waals surface area contributed by atoms with Gasteiger partial charge in [0.05, 0.1) is 13.2 Å². The minimum atomic E-state index is -0.941. The Morgan fingerprint density at radius 1 is 0.778 bits per heavy atom. The van der Waals surface area contributed by atoms with Crippen molar-refractivity contribution in [2.45, 2.75) is 84.5 Å². The summed E-state index contributed by atoms with van der Waals surface area (Å²) in [7, 11) is 0. The maximum absolute atomic E-state index is 14.2. The van der Waals surface area contributed by atoms with Crippen molar-refractivity contribution < 1.29 is 18.3 Å². The molecule has 154 valence electrons. The molecule has 2 nitrogen and oxygen atoms in total. The van der Waals surface area contributed by atoms with E-state index in [-0.39, 0.29) is 11.5 Å². The van der Waals surface area contributed by atoms with Crippen molar-refractivity contribution in [3.8, 4) is 11.5 Å². The molecule has 1 aromatic carbocycles. The van der Waals surface area contributed by atoms with E-state index in [0.29, 0.717) is 19.1 Å². The highest BCUT2D eigenvalue weighted by atomic mass is 19.2. The van der Waals surface area contributed by atoms with Crippen molar-refractivity contribution in [1.82, 2.24) is 0 Å². The van der Waals surface area contributed by atoms with Crippen LogP contribution in [-0.4, -0.2) is 13.2 Å². The van der Waals surface area contributed by atoms with Crippen LogP contribution in [0.1, 0.15) is 84.5 Å². The molecule has 1 aliphatic carbocycles. The lowest BCUT2D eigenvalue weighted by molar-refractivity contribution is 0.172. The minimum absolute atomic E-state index is 0.00141. The summed E-state index contributed by atoms with van der Waals surface area (Å²) in [6, 6.07) is 2.97. The Morgan fingerprint density at radius 2 is 1.33 bits per heavy atom. The SMILES string of the molecule is CCCCCOc1ccc(OCC2CCC(CCCCC)CC2)c(F)c1F. The van der Waals surface area contributed by atoms with E-state index in [9.17, 15) is 8.78 Å². The fraction of sp³-hybridized carbons (Fsp3) is 0.739. The monoisotopic (exact) mass is 382 g/mol. The van der Waals surface area contributed by atoms with Gasteiger partial charge in [0.15, 0.2) is 11.5 Å². The highest BCUT2D eigenvalue weighted by Crippen LogP contribution is 2.33. The van der Waals surface area contributed by atoms with Crippen LogP contribution in [0.15, 0.2) is 12.1 Å². The first-order valence-corrected chi connectivity index (χ1v) is 10.9. The first kappa shape index (κ1) is 22.0. The number of hydrogen-bond acceptors (Lipinski definition) is 2. The topological polar surface area (TPSA) is 18.5 Å². The van der Waals surface area contributed by atoms with Gasteiger partial charge in [0.2, 0.25) is 11.6 Å². The van der Waals surface area contributed by atoms with Gasteiger partial charge in [0.1, 0.15) is 0 Å². The van der Waals surface area contributed by atoms with Crippen molar-refractivity contribution in [3.05, 3.63) is 23.8 Å². The molecule has 4 heteroatoms. The summed E-state index contributed by atoms with van der Waals surface area (Å²) in [5.74, 6) is -0.618. The van der Waals surface area contributed by atoms with Crippen LogP contribution in [0.4, 0.5) is 8.78 Å². The highest BCUT2D eigenvalue weighted by molar-refractivity contribution is 5.35. The molecule has 0 heterocycles. The zero-order chi connectivity index (χ0) is 19.5. The van der Waals surface area contributed by atoms with Crippen LogP contribution < -0.4 is 9.47 Å². The van der Waals surface area contributed by atoms with E-state index in [1.54, 1.807) is 0 Å². The van der Waals surface area contributed by atoms with Gasteiger partial charge in [-0.15, -0.1) is 0 Å². The molecular weight excluding hydrogens is 346 g/mol. The van der Waals surface area contributed by atoms with Crippen LogP contribution in [0.2, 0.25) is 0 Å². The van der Waals surface area contributed by atoms with Gasteiger partial charge >= 0.3 is 0 Å². The molecule has 0 bridgehead atoms. The van der Waals surface area contributed by atoms with Crippen molar-refractivity contribution in [1.29, 1.82) is 0 Å². The molecule has 0 saturated heterocycles. The Hall–Kier alpha value is -1.32. The van der Waals surface area contributed by atoms with Gasteiger partial charge < -0.3 is 9.47 Å². The van der Waals surface area contributed by atoms with Gasteiger partial charge in [-0.05, 0) is 43.2 Å². The summed E-state index contributed by atoms with van der Waals surface area (Å²) in [4.78, 5) is 0. The second-order valence-electron chi connectivity index (χ2n) is 7.94. The maximum Gasteiger partial charge on any atom is 0.204 e.